The van der Waals surface area contributed by atoms with E-state index in [0.717, 1.165) is 18.6 Å². The van der Waals surface area contributed by atoms with Crippen LogP contribution in [0.25, 0.3) is 5.70 Å². The molecule has 2 aromatic rings. The minimum atomic E-state index is -3.15. The second-order valence-corrected chi connectivity index (χ2v) is 9.64. The standard InChI is InChI=1S/C26H31F2N5O3/c1-15-5-6-17(32-24(34)16-7-8-31-21(11-16)26(4,27)28)12-18(15)19(29)13-20-23(30)36-25(2,3)22-14-35-10-9-33(20)22/h5-8,11-13,22H,9-10,14,29-30H2,1-4H3,(H,32,34)/b19-13-. The van der Waals surface area contributed by atoms with Gasteiger partial charge in [0.15, 0.2) is 0 Å². The fourth-order valence-corrected chi connectivity index (χ4v) is 4.42. The number of pyridine rings is 1. The normalized spacial score (nSPS) is 20.0. The molecule has 1 aromatic heterocycles. The number of benzene rings is 1. The average Bonchev–Trinajstić information content (AvgIpc) is 2.82. The maximum atomic E-state index is 13.6. The third-order valence-corrected chi connectivity index (χ3v) is 6.44. The van der Waals surface area contributed by atoms with Crippen molar-refractivity contribution in [2.24, 2.45) is 11.5 Å². The van der Waals surface area contributed by atoms with Gasteiger partial charge in [0.25, 0.3) is 11.8 Å². The number of nitrogens with zero attached hydrogens (tertiary/aromatic N) is 2. The van der Waals surface area contributed by atoms with Gasteiger partial charge in [-0.15, -0.1) is 0 Å². The van der Waals surface area contributed by atoms with Crippen LogP contribution in [-0.4, -0.2) is 47.2 Å². The van der Waals surface area contributed by atoms with Crippen molar-refractivity contribution in [1.82, 2.24) is 9.88 Å². The van der Waals surface area contributed by atoms with E-state index in [9.17, 15) is 13.6 Å². The minimum Gasteiger partial charge on any atom is -0.470 e. The van der Waals surface area contributed by atoms with Crippen molar-refractivity contribution in [3.63, 3.8) is 0 Å². The van der Waals surface area contributed by atoms with E-state index in [1.165, 1.54) is 12.3 Å². The number of hydrogen-bond acceptors (Lipinski definition) is 7. The third kappa shape index (κ3) is 5.13. The van der Waals surface area contributed by atoms with E-state index in [2.05, 4.69) is 15.2 Å². The van der Waals surface area contributed by atoms with Crippen molar-refractivity contribution in [2.75, 3.05) is 25.1 Å². The maximum Gasteiger partial charge on any atom is 0.286 e. The van der Waals surface area contributed by atoms with Crippen LogP contribution < -0.4 is 16.8 Å². The number of rotatable bonds is 5. The zero-order valence-electron chi connectivity index (χ0n) is 20.8. The predicted molar refractivity (Wildman–Crippen MR) is 133 cm³/mol. The molecule has 0 aliphatic carbocycles. The van der Waals surface area contributed by atoms with Crippen molar-refractivity contribution in [3.05, 3.63) is 76.6 Å². The Bertz CT molecular complexity index is 1240. The smallest absolute Gasteiger partial charge is 0.286 e. The number of anilines is 1. The SMILES string of the molecule is Cc1ccc(NC(=O)c2ccnc(C(C)(F)F)c2)cc1/C(N)=C/C1=C(N)OC(C)(C)C2COCCN12. The zero-order chi connectivity index (χ0) is 26.3. The van der Waals surface area contributed by atoms with Gasteiger partial charge in [-0.3, -0.25) is 9.78 Å². The van der Waals surface area contributed by atoms with Crippen molar-refractivity contribution in [1.29, 1.82) is 0 Å². The van der Waals surface area contributed by atoms with E-state index in [1.807, 2.05) is 26.8 Å². The van der Waals surface area contributed by atoms with Crippen LogP contribution in [-0.2, 0) is 15.4 Å². The fourth-order valence-electron chi connectivity index (χ4n) is 4.42. The number of carbonyl (C=O) groups excluding carboxylic acids is 1. The monoisotopic (exact) mass is 499 g/mol. The lowest BCUT2D eigenvalue weighted by molar-refractivity contribution is -0.117. The highest BCUT2D eigenvalue weighted by Crippen LogP contribution is 2.35. The number of nitrogens with one attached hydrogen (secondary N) is 1. The summed E-state index contributed by atoms with van der Waals surface area (Å²) < 4.78 is 38.9. The van der Waals surface area contributed by atoms with Gasteiger partial charge in [-0.1, -0.05) is 6.07 Å². The van der Waals surface area contributed by atoms with Gasteiger partial charge in [0.1, 0.15) is 11.3 Å². The molecule has 1 atom stereocenters. The molecule has 0 saturated carbocycles. The molecule has 5 N–H and O–H groups in total. The number of hydrogen-bond donors (Lipinski definition) is 3. The van der Waals surface area contributed by atoms with Crippen LogP contribution in [0.4, 0.5) is 14.5 Å². The number of morpholine rings is 1. The largest absolute Gasteiger partial charge is 0.470 e. The van der Waals surface area contributed by atoms with Gasteiger partial charge in [-0.25, -0.2) is 0 Å². The Morgan fingerprint density at radius 1 is 1.31 bits per heavy atom. The van der Waals surface area contributed by atoms with Gasteiger partial charge >= 0.3 is 0 Å². The number of aromatic nitrogens is 1. The van der Waals surface area contributed by atoms with E-state index in [4.69, 9.17) is 20.9 Å². The van der Waals surface area contributed by atoms with Gasteiger partial charge in [-0.05, 0) is 56.7 Å². The molecular formula is C26H31F2N5O3. The number of amides is 1. The summed E-state index contributed by atoms with van der Waals surface area (Å²) in [5.74, 6) is -3.41. The number of aryl methyl sites for hydroxylation is 1. The molecule has 1 unspecified atom stereocenters. The summed E-state index contributed by atoms with van der Waals surface area (Å²) in [6, 6.07) is 7.71. The van der Waals surface area contributed by atoms with Gasteiger partial charge in [0.2, 0.25) is 5.88 Å². The molecule has 0 spiro atoms. The number of carbonyl (C=O) groups is 1. The van der Waals surface area contributed by atoms with E-state index < -0.39 is 23.1 Å². The van der Waals surface area contributed by atoms with E-state index >= 15 is 0 Å². The van der Waals surface area contributed by atoms with Crippen LogP contribution in [0.15, 0.2) is 54.2 Å². The van der Waals surface area contributed by atoms with E-state index in [1.54, 1.807) is 18.2 Å². The number of allylic oxidation sites excluding steroid dienone is 1. The number of fused-ring (bicyclic) bond motifs is 1. The Hall–Kier alpha value is -3.66. The summed E-state index contributed by atoms with van der Waals surface area (Å²) in [7, 11) is 0. The highest BCUT2D eigenvalue weighted by Gasteiger charge is 2.43. The second-order valence-electron chi connectivity index (χ2n) is 9.64. The molecular weight excluding hydrogens is 468 g/mol. The Kier molecular flexibility index (Phi) is 6.66. The molecule has 1 amide bonds. The summed E-state index contributed by atoms with van der Waals surface area (Å²) in [6.45, 7) is 8.31. The molecule has 10 heteroatoms. The minimum absolute atomic E-state index is 0.0231. The van der Waals surface area contributed by atoms with Gasteiger partial charge in [0, 0.05) is 42.2 Å². The van der Waals surface area contributed by atoms with E-state index in [0.29, 0.717) is 42.4 Å². The topological polar surface area (TPSA) is 116 Å². The van der Waals surface area contributed by atoms with Crippen LogP contribution >= 0.6 is 0 Å². The molecule has 8 nitrogen and oxygen atoms in total. The highest BCUT2D eigenvalue weighted by molar-refractivity contribution is 6.04. The van der Waals surface area contributed by atoms with Crippen LogP contribution in [0.1, 0.15) is 48.0 Å². The summed E-state index contributed by atoms with van der Waals surface area (Å²) in [4.78, 5) is 18.6. The average molecular weight is 500 g/mol. The number of alkyl halides is 2. The van der Waals surface area contributed by atoms with Crippen molar-refractivity contribution < 1.29 is 23.0 Å². The molecule has 36 heavy (non-hydrogen) atoms. The zero-order valence-corrected chi connectivity index (χ0v) is 20.8. The lowest BCUT2D eigenvalue weighted by Gasteiger charge is -2.49. The first-order chi connectivity index (χ1) is 16.9. The third-order valence-electron chi connectivity index (χ3n) is 6.44. The Labute approximate surface area is 209 Å². The molecule has 3 heterocycles. The fraction of sp³-hybridized carbons (Fsp3) is 0.385. The first-order valence-electron chi connectivity index (χ1n) is 11.6. The Morgan fingerprint density at radius 2 is 2.06 bits per heavy atom. The molecule has 1 aromatic carbocycles. The summed E-state index contributed by atoms with van der Waals surface area (Å²) in [5.41, 5.74) is 15.0. The number of halogens is 2. The first-order valence-corrected chi connectivity index (χ1v) is 11.6. The lowest BCUT2D eigenvalue weighted by Crippen LogP contribution is -2.60. The summed E-state index contributed by atoms with van der Waals surface area (Å²) in [5, 5.41) is 2.75. The molecule has 0 radical (unpaired) electrons. The summed E-state index contributed by atoms with van der Waals surface area (Å²) in [6.07, 6.45) is 2.96. The lowest BCUT2D eigenvalue weighted by atomic mass is 9.93. The highest BCUT2D eigenvalue weighted by atomic mass is 19.3. The van der Waals surface area contributed by atoms with Gasteiger partial charge in [-0.2, -0.15) is 8.78 Å². The summed E-state index contributed by atoms with van der Waals surface area (Å²) >= 11 is 0. The van der Waals surface area contributed by atoms with Crippen LogP contribution in [0, 0.1) is 6.92 Å². The maximum absolute atomic E-state index is 13.6. The molecule has 1 saturated heterocycles. The van der Waals surface area contributed by atoms with E-state index in [-0.39, 0.29) is 17.5 Å². The first kappa shape index (κ1) is 25.4. The molecule has 0 bridgehead atoms. The second kappa shape index (κ2) is 9.42. The van der Waals surface area contributed by atoms with Crippen LogP contribution in [0.5, 0.6) is 0 Å². The Balaban J connectivity index is 1.61. The van der Waals surface area contributed by atoms with Gasteiger partial charge in [0.05, 0.1) is 25.0 Å². The van der Waals surface area contributed by atoms with Crippen molar-refractivity contribution in [3.8, 4) is 0 Å². The van der Waals surface area contributed by atoms with Crippen molar-refractivity contribution >= 4 is 17.3 Å². The molecule has 2 aliphatic rings. The van der Waals surface area contributed by atoms with Crippen LogP contribution in [0.2, 0.25) is 0 Å². The quantitative estimate of drug-likeness (QED) is 0.575. The predicted octanol–water partition coefficient (Wildman–Crippen LogP) is 3.69. The van der Waals surface area contributed by atoms with Crippen LogP contribution in [0.3, 0.4) is 0 Å². The molecule has 1 fully saturated rings. The Morgan fingerprint density at radius 3 is 2.78 bits per heavy atom. The van der Waals surface area contributed by atoms with Crippen molar-refractivity contribution in [2.45, 2.75) is 45.3 Å². The molecule has 4 rings (SSSR count). The number of nitrogens with two attached hydrogens (primary N) is 2. The van der Waals surface area contributed by atoms with Gasteiger partial charge < -0.3 is 31.2 Å². The molecule has 2 aliphatic heterocycles. The molecule has 192 valence electrons. The number of ether oxygens (including phenoxy) is 2.